The zero-order valence-electron chi connectivity index (χ0n) is 14.0. The summed E-state index contributed by atoms with van der Waals surface area (Å²) in [6.45, 7) is 1.48. The highest BCUT2D eigenvalue weighted by atomic mass is 16.1. The molecule has 0 bridgehead atoms. The molecule has 1 amide bonds. The van der Waals surface area contributed by atoms with Crippen LogP contribution in [0.4, 0.5) is 11.5 Å². The van der Waals surface area contributed by atoms with Crippen molar-refractivity contribution < 1.29 is 4.79 Å². The van der Waals surface area contributed by atoms with Gasteiger partial charge in [0.15, 0.2) is 11.5 Å². The van der Waals surface area contributed by atoms with Gasteiger partial charge in [-0.3, -0.25) is 4.79 Å². The number of nitrogens with one attached hydrogen (secondary N) is 2. The molecule has 0 spiro atoms. The number of piperidine rings is 1. The van der Waals surface area contributed by atoms with Crippen molar-refractivity contribution in [2.45, 2.75) is 12.8 Å². The fourth-order valence-electron chi connectivity index (χ4n) is 3.26. The van der Waals surface area contributed by atoms with Gasteiger partial charge in [-0.25, -0.2) is 15.0 Å². The summed E-state index contributed by atoms with van der Waals surface area (Å²) in [5.41, 5.74) is 2.66. The summed E-state index contributed by atoms with van der Waals surface area (Å²) in [5, 5.41) is 11.9. The van der Waals surface area contributed by atoms with Crippen molar-refractivity contribution >= 4 is 28.6 Å². The Labute approximate surface area is 149 Å². The third-order valence-corrected chi connectivity index (χ3v) is 4.63. The van der Waals surface area contributed by atoms with Crippen molar-refractivity contribution in [3.05, 3.63) is 42.5 Å². The van der Waals surface area contributed by atoms with E-state index in [-0.39, 0.29) is 11.8 Å². The van der Waals surface area contributed by atoms with Crippen LogP contribution in [-0.4, -0.2) is 38.9 Å². The first kappa shape index (κ1) is 16.0. The molecule has 0 saturated carbocycles. The Kier molecular flexibility index (Phi) is 4.19. The molecule has 0 radical (unpaired) electrons. The molecule has 1 aromatic carbocycles. The molecule has 1 saturated heterocycles. The van der Waals surface area contributed by atoms with E-state index in [0.717, 1.165) is 37.3 Å². The molecule has 8 heteroatoms. The van der Waals surface area contributed by atoms with Crippen molar-refractivity contribution in [3.63, 3.8) is 0 Å². The van der Waals surface area contributed by atoms with Gasteiger partial charge in [0.05, 0.1) is 18.0 Å². The van der Waals surface area contributed by atoms with Gasteiger partial charge in [-0.2, -0.15) is 5.26 Å². The van der Waals surface area contributed by atoms with Gasteiger partial charge in [0.25, 0.3) is 0 Å². The summed E-state index contributed by atoms with van der Waals surface area (Å²) in [5.74, 6) is 0.762. The Hall–Kier alpha value is -3.47. The third-order valence-electron chi connectivity index (χ3n) is 4.63. The van der Waals surface area contributed by atoms with Crippen molar-refractivity contribution in [2.24, 2.45) is 5.92 Å². The molecule has 0 unspecified atom stereocenters. The number of hydrogen-bond donors (Lipinski definition) is 2. The molecular formula is C18H17N7O. The topological polar surface area (TPSA) is 111 Å². The lowest BCUT2D eigenvalue weighted by atomic mass is 9.95. The number of amides is 1. The highest BCUT2D eigenvalue weighted by Gasteiger charge is 2.27. The van der Waals surface area contributed by atoms with E-state index in [1.54, 1.807) is 30.6 Å². The number of benzene rings is 1. The minimum absolute atomic E-state index is 0.00545. The number of nitriles is 1. The molecule has 1 aliphatic heterocycles. The molecule has 2 N–H and O–H groups in total. The summed E-state index contributed by atoms with van der Waals surface area (Å²) in [6, 6.07) is 9.04. The average Bonchev–Trinajstić information content (AvgIpc) is 3.17. The average molecular weight is 347 g/mol. The smallest absolute Gasteiger partial charge is 0.227 e. The molecule has 1 aliphatic rings. The van der Waals surface area contributed by atoms with Crippen molar-refractivity contribution in [1.82, 2.24) is 19.9 Å². The Morgan fingerprint density at radius 2 is 2.12 bits per heavy atom. The minimum Gasteiger partial charge on any atom is -0.355 e. The molecule has 3 heterocycles. The Balaban J connectivity index is 1.41. The number of aromatic amines is 1. The number of fused-ring (bicyclic) bond motifs is 1. The number of carbonyl (C=O) groups excluding carboxylic acids is 1. The lowest BCUT2D eigenvalue weighted by molar-refractivity contribution is -0.120. The van der Waals surface area contributed by atoms with E-state index < -0.39 is 0 Å². The molecule has 4 rings (SSSR count). The van der Waals surface area contributed by atoms with Crippen LogP contribution in [0, 0.1) is 17.2 Å². The summed E-state index contributed by atoms with van der Waals surface area (Å²) < 4.78 is 0. The number of nitrogens with zero attached hydrogens (tertiary/aromatic N) is 5. The maximum absolute atomic E-state index is 12.5. The SMILES string of the molecule is N#Cc1cccc(NC(=O)C2CCN(c3ncnc4nc[nH]c34)CC2)c1. The van der Waals surface area contributed by atoms with Crippen molar-refractivity contribution in [3.8, 4) is 6.07 Å². The van der Waals surface area contributed by atoms with Crippen LogP contribution in [0.5, 0.6) is 0 Å². The second kappa shape index (κ2) is 6.80. The number of rotatable bonds is 3. The van der Waals surface area contributed by atoms with Gasteiger partial charge in [0, 0.05) is 24.7 Å². The summed E-state index contributed by atoms with van der Waals surface area (Å²) in [4.78, 5) is 30.4. The molecule has 8 nitrogen and oxygen atoms in total. The maximum atomic E-state index is 12.5. The van der Waals surface area contributed by atoms with E-state index in [0.29, 0.717) is 16.9 Å². The van der Waals surface area contributed by atoms with Crippen LogP contribution in [-0.2, 0) is 4.79 Å². The number of hydrogen-bond acceptors (Lipinski definition) is 6. The van der Waals surface area contributed by atoms with Crippen LogP contribution >= 0.6 is 0 Å². The van der Waals surface area contributed by atoms with Crippen LogP contribution in [0.2, 0.25) is 0 Å². The predicted octanol–water partition coefficient (Wildman–Crippen LogP) is 2.08. The van der Waals surface area contributed by atoms with Gasteiger partial charge in [0.2, 0.25) is 5.91 Å². The normalized spacial score (nSPS) is 15.0. The molecule has 26 heavy (non-hydrogen) atoms. The monoisotopic (exact) mass is 347 g/mol. The Bertz CT molecular complexity index is 982. The highest BCUT2D eigenvalue weighted by molar-refractivity contribution is 5.93. The molecule has 2 aromatic heterocycles. The minimum atomic E-state index is -0.0592. The van der Waals surface area contributed by atoms with Crippen LogP contribution in [0.15, 0.2) is 36.9 Å². The van der Waals surface area contributed by atoms with Crippen LogP contribution in [0.25, 0.3) is 11.2 Å². The quantitative estimate of drug-likeness (QED) is 0.750. The van der Waals surface area contributed by atoms with E-state index in [4.69, 9.17) is 5.26 Å². The Morgan fingerprint density at radius 1 is 1.27 bits per heavy atom. The lowest BCUT2D eigenvalue weighted by Crippen LogP contribution is -2.38. The predicted molar refractivity (Wildman–Crippen MR) is 96.4 cm³/mol. The molecule has 1 fully saturated rings. The summed E-state index contributed by atoms with van der Waals surface area (Å²) >= 11 is 0. The first-order valence-electron chi connectivity index (χ1n) is 8.44. The number of anilines is 2. The standard InChI is InChI=1S/C18H17N7O/c19-9-12-2-1-3-14(8-12)24-18(26)13-4-6-25(7-5-13)17-15-16(21-10-20-15)22-11-23-17/h1-3,8,10-11,13H,4-7H2,(H,24,26)(H,20,21,22,23). The molecule has 0 aliphatic carbocycles. The number of H-pyrrole nitrogens is 1. The second-order valence-corrected chi connectivity index (χ2v) is 6.24. The zero-order valence-corrected chi connectivity index (χ0v) is 14.0. The van der Waals surface area contributed by atoms with E-state index in [1.165, 1.54) is 6.33 Å². The molecular weight excluding hydrogens is 330 g/mol. The first-order chi connectivity index (χ1) is 12.7. The fourth-order valence-corrected chi connectivity index (χ4v) is 3.26. The maximum Gasteiger partial charge on any atom is 0.227 e. The second-order valence-electron chi connectivity index (χ2n) is 6.24. The van der Waals surface area contributed by atoms with Gasteiger partial charge in [-0.15, -0.1) is 0 Å². The first-order valence-corrected chi connectivity index (χ1v) is 8.44. The van der Waals surface area contributed by atoms with Crippen molar-refractivity contribution in [2.75, 3.05) is 23.3 Å². The van der Waals surface area contributed by atoms with Crippen LogP contribution < -0.4 is 10.2 Å². The van der Waals surface area contributed by atoms with E-state index in [9.17, 15) is 4.79 Å². The van der Waals surface area contributed by atoms with Gasteiger partial charge in [0.1, 0.15) is 11.8 Å². The largest absolute Gasteiger partial charge is 0.355 e. The molecule has 0 atom stereocenters. The van der Waals surface area contributed by atoms with Gasteiger partial charge in [-0.1, -0.05) is 6.07 Å². The van der Waals surface area contributed by atoms with Gasteiger partial charge in [-0.05, 0) is 31.0 Å². The van der Waals surface area contributed by atoms with E-state index >= 15 is 0 Å². The Morgan fingerprint density at radius 3 is 2.92 bits per heavy atom. The van der Waals surface area contributed by atoms with Crippen LogP contribution in [0.3, 0.4) is 0 Å². The number of imidazole rings is 1. The summed E-state index contributed by atoms with van der Waals surface area (Å²) in [7, 11) is 0. The third kappa shape index (κ3) is 3.07. The van der Waals surface area contributed by atoms with Crippen LogP contribution in [0.1, 0.15) is 18.4 Å². The number of carbonyl (C=O) groups is 1. The zero-order chi connectivity index (χ0) is 17.9. The van der Waals surface area contributed by atoms with E-state index in [2.05, 4.69) is 36.2 Å². The lowest BCUT2D eigenvalue weighted by Gasteiger charge is -2.32. The molecule has 130 valence electrons. The fraction of sp³-hybridized carbons (Fsp3) is 0.278. The van der Waals surface area contributed by atoms with Gasteiger partial charge >= 0.3 is 0 Å². The van der Waals surface area contributed by atoms with E-state index in [1.807, 2.05) is 0 Å². The highest BCUT2D eigenvalue weighted by Crippen LogP contribution is 2.26. The van der Waals surface area contributed by atoms with Crippen molar-refractivity contribution in [1.29, 1.82) is 5.26 Å². The van der Waals surface area contributed by atoms with Gasteiger partial charge < -0.3 is 15.2 Å². The number of aromatic nitrogens is 4. The molecule has 3 aromatic rings. The summed E-state index contributed by atoms with van der Waals surface area (Å²) in [6.07, 6.45) is 4.60.